The number of ether oxygens (including phenoxy) is 1. The van der Waals surface area contributed by atoms with Crippen molar-refractivity contribution in [2.45, 2.75) is 18.9 Å². The normalized spacial score (nSPS) is 20.8. The van der Waals surface area contributed by atoms with Gasteiger partial charge in [-0.25, -0.2) is 8.78 Å². The summed E-state index contributed by atoms with van der Waals surface area (Å²) in [5.41, 5.74) is 0. The second-order valence-corrected chi connectivity index (χ2v) is 3.94. The van der Waals surface area contributed by atoms with E-state index >= 15 is 0 Å². The fraction of sp³-hybridized carbons (Fsp3) is 0.364. The second kappa shape index (κ2) is 5.62. The first-order valence-electron chi connectivity index (χ1n) is 5.19. The summed E-state index contributed by atoms with van der Waals surface area (Å²) >= 11 is 5.55. The van der Waals surface area contributed by atoms with Gasteiger partial charge in [0.05, 0.1) is 19.3 Å². The van der Waals surface area contributed by atoms with E-state index in [1.54, 1.807) is 6.54 Å². The number of hydrogen-bond donors (Lipinski definition) is 0. The highest BCUT2D eigenvalue weighted by Crippen LogP contribution is 2.24. The molecule has 1 atom stereocenters. The Labute approximate surface area is 103 Å². The Morgan fingerprint density at radius 3 is 2.71 bits per heavy atom. The van der Waals surface area contributed by atoms with Crippen LogP contribution in [0.15, 0.2) is 18.2 Å². The Kier molecular flexibility index (Phi) is 4.15. The van der Waals surface area contributed by atoms with Crippen molar-refractivity contribution in [2.75, 3.05) is 6.61 Å². The highest BCUT2D eigenvalue weighted by atomic mass is 35.5. The highest BCUT2D eigenvalue weighted by molar-refractivity contribution is 6.13. The molecule has 1 unspecified atom stereocenters. The molecule has 1 aromatic rings. The monoisotopic (exact) mass is 262 g/mol. The SMILES string of the molecule is Fc1cccc(F)c1OCCC1C[CH]N(Cl)O1. The van der Waals surface area contributed by atoms with Crippen LogP contribution in [0.4, 0.5) is 8.78 Å². The molecule has 0 spiro atoms. The Hall–Kier alpha value is -0.910. The summed E-state index contributed by atoms with van der Waals surface area (Å²) in [5.74, 6) is -1.76. The van der Waals surface area contributed by atoms with Crippen LogP contribution in [0, 0.1) is 18.2 Å². The van der Waals surface area contributed by atoms with E-state index in [0.29, 0.717) is 12.8 Å². The zero-order chi connectivity index (χ0) is 12.3. The first-order chi connectivity index (χ1) is 8.16. The molecule has 1 aliphatic rings. The molecule has 0 amide bonds. The summed E-state index contributed by atoms with van der Waals surface area (Å²) in [7, 11) is 0. The molecule has 0 saturated carbocycles. The number of benzene rings is 1. The predicted molar refractivity (Wildman–Crippen MR) is 58.0 cm³/mol. The summed E-state index contributed by atoms with van der Waals surface area (Å²) in [4.78, 5) is 5.14. The summed E-state index contributed by atoms with van der Waals surface area (Å²) in [6, 6.07) is 3.59. The van der Waals surface area contributed by atoms with E-state index in [9.17, 15) is 8.78 Å². The van der Waals surface area contributed by atoms with Crippen LogP contribution in [0.25, 0.3) is 0 Å². The third kappa shape index (κ3) is 3.28. The number of halogens is 3. The van der Waals surface area contributed by atoms with Gasteiger partial charge in [0.1, 0.15) is 0 Å². The highest BCUT2D eigenvalue weighted by Gasteiger charge is 2.22. The standard InChI is InChI=1S/C11H11ClF2NO2/c12-15-6-4-8(17-15)5-7-16-11-9(13)2-1-3-10(11)14/h1-3,6,8H,4-5,7H2. The van der Waals surface area contributed by atoms with E-state index in [0.717, 1.165) is 16.7 Å². The molecular weight excluding hydrogens is 252 g/mol. The Morgan fingerprint density at radius 2 is 2.12 bits per heavy atom. The lowest BCUT2D eigenvalue weighted by atomic mass is 10.2. The quantitative estimate of drug-likeness (QED) is 0.779. The molecular formula is C11H11ClF2NO2. The van der Waals surface area contributed by atoms with Gasteiger partial charge in [-0.3, -0.25) is 4.84 Å². The molecule has 93 valence electrons. The molecule has 2 rings (SSSR count). The number of hydroxylamine groups is 1. The molecule has 0 aliphatic carbocycles. The van der Waals surface area contributed by atoms with Gasteiger partial charge in [-0.15, -0.1) is 0 Å². The zero-order valence-corrected chi connectivity index (χ0v) is 9.66. The molecule has 0 bridgehead atoms. The minimum Gasteiger partial charge on any atom is -0.488 e. The molecule has 1 aliphatic heterocycles. The van der Waals surface area contributed by atoms with Crippen molar-refractivity contribution in [3.05, 3.63) is 36.4 Å². The molecule has 17 heavy (non-hydrogen) atoms. The number of nitrogens with zero attached hydrogens (tertiary/aromatic N) is 1. The molecule has 3 nitrogen and oxygen atoms in total. The molecule has 1 saturated heterocycles. The fourth-order valence-corrected chi connectivity index (χ4v) is 1.70. The lowest BCUT2D eigenvalue weighted by molar-refractivity contribution is -0.0707. The molecule has 6 heteroatoms. The van der Waals surface area contributed by atoms with E-state index in [1.165, 1.54) is 6.07 Å². The van der Waals surface area contributed by atoms with Crippen LogP contribution < -0.4 is 4.74 Å². The fourth-order valence-electron chi connectivity index (χ4n) is 1.51. The average molecular weight is 263 g/mol. The zero-order valence-electron chi connectivity index (χ0n) is 8.91. The van der Waals surface area contributed by atoms with Crippen LogP contribution in [0.2, 0.25) is 0 Å². The van der Waals surface area contributed by atoms with Crippen molar-refractivity contribution in [1.29, 1.82) is 0 Å². The van der Waals surface area contributed by atoms with Crippen molar-refractivity contribution in [3.8, 4) is 5.75 Å². The van der Waals surface area contributed by atoms with Gasteiger partial charge in [0.2, 0.25) is 0 Å². The number of para-hydroxylation sites is 1. The van der Waals surface area contributed by atoms with Crippen molar-refractivity contribution >= 4 is 11.8 Å². The molecule has 0 N–H and O–H groups in total. The topological polar surface area (TPSA) is 21.7 Å². The minimum atomic E-state index is -0.706. The average Bonchev–Trinajstić information content (AvgIpc) is 2.69. The second-order valence-electron chi connectivity index (χ2n) is 3.61. The van der Waals surface area contributed by atoms with Crippen LogP contribution in [0.5, 0.6) is 5.75 Å². The van der Waals surface area contributed by atoms with Gasteiger partial charge in [-0.05, 0) is 18.6 Å². The Morgan fingerprint density at radius 1 is 1.41 bits per heavy atom. The van der Waals surface area contributed by atoms with E-state index in [4.69, 9.17) is 21.4 Å². The summed E-state index contributed by atoms with van der Waals surface area (Å²) < 4.78 is 32.5. The minimum absolute atomic E-state index is 0.109. The maximum atomic E-state index is 13.2. The summed E-state index contributed by atoms with van der Waals surface area (Å²) in [6.07, 6.45) is 1.06. The van der Waals surface area contributed by atoms with Gasteiger partial charge in [0.15, 0.2) is 17.4 Å². The summed E-state index contributed by atoms with van der Waals surface area (Å²) in [5, 5.41) is 0. The van der Waals surface area contributed by atoms with Crippen molar-refractivity contribution in [2.24, 2.45) is 0 Å². The van der Waals surface area contributed by atoms with E-state index < -0.39 is 11.6 Å². The molecule has 1 fully saturated rings. The Balaban J connectivity index is 1.82. The van der Waals surface area contributed by atoms with Crippen LogP contribution in [0.3, 0.4) is 0 Å². The first-order valence-corrected chi connectivity index (χ1v) is 5.52. The third-order valence-electron chi connectivity index (χ3n) is 2.37. The van der Waals surface area contributed by atoms with Gasteiger partial charge >= 0.3 is 0 Å². The summed E-state index contributed by atoms with van der Waals surface area (Å²) in [6.45, 7) is 1.84. The maximum Gasteiger partial charge on any atom is 0.190 e. The maximum absolute atomic E-state index is 13.2. The van der Waals surface area contributed by atoms with Crippen LogP contribution in [0.1, 0.15) is 12.8 Å². The molecule has 1 aromatic carbocycles. The van der Waals surface area contributed by atoms with Gasteiger partial charge in [-0.2, -0.15) is 0 Å². The van der Waals surface area contributed by atoms with Gasteiger partial charge in [0, 0.05) is 18.2 Å². The smallest absolute Gasteiger partial charge is 0.190 e. The van der Waals surface area contributed by atoms with E-state index in [-0.39, 0.29) is 18.5 Å². The number of hydrogen-bond acceptors (Lipinski definition) is 3. The van der Waals surface area contributed by atoms with Gasteiger partial charge in [0.25, 0.3) is 0 Å². The van der Waals surface area contributed by atoms with Crippen LogP contribution in [-0.2, 0) is 4.84 Å². The molecule has 1 heterocycles. The third-order valence-corrected chi connectivity index (χ3v) is 2.58. The lowest BCUT2D eigenvalue weighted by Crippen LogP contribution is -2.13. The van der Waals surface area contributed by atoms with Gasteiger partial charge in [-0.1, -0.05) is 10.6 Å². The van der Waals surface area contributed by atoms with Crippen LogP contribution in [-0.4, -0.2) is 17.3 Å². The van der Waals surface area contributed by atoms with E-state index in [2.05, 4.69) is 0 Å². The number of rotatable bonds is 4. The van der Waals surface area contributed by atoms with Crippen LogP contribution >= 0.6 is 11.8 Å². The largest absolute Gasteiger partial charge is 0.488 e. The van der Waals surface area contributed by atoms with Crippen molar-refractivity contribution < 1.29 is 18.4 Å². The molecule has 0 aromatic heterocycles. The van der Waals surface area contributed by atoms with Crippen molar-refractivity contribution in [3.63, 3.8) is 0 Å². The lowest BCUT2D eigenvalue weighted by Gasteiger charge is -2.11. The first kappa shape index (κ1) is 12.5. The van der Waals surface area contributed by atoms with Crippen molar-refractivity contribution in [1.82, 2.24) is 4.58 Å². The molecule has 1 radical (unpaired) electrons. The predicted octanol–water partition coefficient (Wildman–Crippen LogP) is 3.06. The Bertz CT molecular complexity index is 371. The van der Waals surface area contributed by atoms with Gasteiger partial charge < -0.3 is 4.74 Å². The van der Waals surface area contributed by atoms with E-state index in [1.807, 2.05) is 0 Å².